The molecule has 2 rings (SSSR count). The van der Waals surface area contributed by atoms with Crippen molar-refractivity contribution in [1.29, 1.82) is 0 Å². The van der Waals surface area contributed by atoms with Crippen molar-refractivity contribution in [2.45, 2.75) is 20.3 Å². The summed E-state index contributed by atoms with van der Waals surface area (Å²) in [6.45, 7) is 3.17. The molecule has 1 heterocycles. The number of carboxylic acids is 1. The maximum Gasteiger partial charge on any atom is 0.309 e. The van der Waals surface area contributed by atoms with E-state index in [0.717, 1.165) is 0 Å². The molecule has 0 aliphatic carbocycles. The fourth-order valence-corrected chi connectivity index (χ4v) is 1.96. The molecule has 1 aliphatic rings. The lowest BCUT2D eigenvalue weighted by atomic mass is 9.85. The second kappa shape index (κ2) is 4.24. The molecule has 0 amide bonds. The number of halogens is 1. The number of benzene rings is 1. The third-order valence-corrected chi connectivity index (χ3v) is 3.17. The van der Waals surface area contributed by atoms with E-state index < -0.39 is 11.4 Å². The molecule has 0 bridgehead atoms. The number of fused-ring (bicyclic) bond motifs is 1. The Morgan fingerprint density at radius 1 is 1.50 bits per heavy atom. The Morgan fingerprint density at radius 2 is 2.17 bits per heavy atom. The molecule has 0 spiro atoms. The summed E-state index contributed by atoms with van der Waals surface area (Å²) in [5, 5.41) is 19.2. The molecule has 1 aliphatic heterocycles. The number of ether oxygens (including phenoxy) is 2. The summed E-state index contributed by atoms with van der Waals surface area (Å²) in [5.41, 5.74) is -0.676. The molecule has 5 nitrogen and oxygen atoms in total. The van der Waals surface area contributed by atoms with Gasteiger partial charge in [0.25, 0.3) is 0 Å². The van der Waals surface area contributed by atoms with E-state index in [9.17, 15) is 9.90 Å². The molecule has 18 heavy (non-hydrogen) atoms. The van der Waals surface area contributed by atoms with Crippen molar-refractivity contribution in [3.8, 4) is 17.2 Å². The number of aromatic hydroxyl groups is 1. The largest absolute Gasteiger partial charge is 0.506 e. The number of hydrogen-bond acceptors (Lipinski definition) is 4. The Bertz CT molecular complexity index is 510. The van der Waals surface area contributed by atoms with Gasteiger partial charge in [0.15, 0.2) is 11.5 Å². The zero-order chi connectivity index (χ0) is 13.5. The molecular weight excluding hydrogens is 260 g/mol. The summed E-state index contributed by atoms with van der Waals surface area (Å²) >= 11 is 5.87. The topological polar surface area (TPSA) is 76.0 Å². The Kier molecular flexibility index (Phi) is 3.02. The number of phenolic OH excluding ortho intramolecular Hbond substituents is 1. The third kappa shape index (κ3) is 2.06. The van der Waals surface area contributed by atoms with Gasteiger partial charge in [0, 0.05) is 11.6 Å². The van der Waals surface area contributed by atoms with Gasteiger partial charge in [-0.2, -0.15) is 0 Å². The molecule has 1 aromatic carbocycles. The van der Waals surface area contributed by atoms with Gasteiger partial charge in [-0.25, -0.2) is 0 Å². The highest BCUT2D eigenvalue weighted by molar-refractivity contribution is 6.32. The lowest BCUT2D eigenvalue weighted by Gasteiger charge is -2.20. The predicted octanol–water partition coefficient (Wildman–Crippen LogP) is 2.43. The average Bonchev–Trinajstić information content (AvgIpc) is 2.72. The zero-order valence-electron chi connectivity index (χ0n) is 9.99. The summed E-state index contributed by atoms with van der Waals surface area (Å²) in [5.74, 6) is -0.329. The van der Waals surface area contributed by atoms with Crippen LogP contribution in [0.4, 0.5) is 0 Å². The lowest BCUT2D eigenvalue weighted by molar-refractivity contribution is -0.146. The molecule has 0 aromatic heterocycles. The molecule has 0 unspecified atom stereocenters. The normalized spacial score (nSPS) is 13.7. The first-order valence-corrected chi connectivity index (χ1v) is 5.74. The minimum Gasteiger partial charge on any atom is -0.506 e. The van der Waals surface area contributed by atoms with Gasteiger partial charge in [-0.3, -0.25) is 4.79 Å². The van der Waals surface area contributed by atoms with E-state index in [0.29, 0.717) is 17.1 Å². The minimum atomic E-state index is -1.04. The van der Waals surface area contributed by atoms with E-state index in [-0.39, 0.29) is 24.0 Å². The molecule has 0 radical (unpaired) electrons. The highest BCUT2D eigenvalue weighted by atomic mass is 35.5. The molecule has 0 atom stereocenters. The Balaban J connectivity index is 2.48. The molecular formula is C12H13ClO5. The quantitative estimate of drug-likeness (QED) is 0.884. The first-order valence-electron chi connectivity index (χ1n) is 5.36. The van der Waals surface area contributed by atoms with Crippen molar-refractivity contribution in [2.75, 3.05) is 6.79 Å². The fraction of sp³-hybridized carbons (Fsp3) is 0.417. The van der Waals surface area contributed by atoms with E-state index in [4.69, 9.17) is 26.2 Å². The van der Waals surface area contributed by atoms with Crippen LogP contribution in [0.15, 0.2) is 6.07 Å². The van der Waals surface area contributed by atoms with Crippen LogP contribution in [0, 0.1) is 5.41 Å². The fourth-order valence-electron chi connectivity index (χ4n) is 1.75. The van der Waals surface area contributed by atoms with E-state index in [2.05, 4.69) is 0 Å². The summed E-state index contributed by atoms with van der Waals surface area (Å²) in [6, 6.07) is 1.45. The molecule has 0 fully saturated rings. The summed E-state index contributed by atoms with van der Waals surface area (Å²) in [6.07, 6.45) is 0.0976. The lowest BCUT2D eigenvalue weighted by Crippen LogP contribution is -2.26. The third-order valence-electron chi connectivity index (χ3n) is 2.88. The van der Waals surface area contributed by atoms with Gasteiger partial charge >= 0.3 is 5.97 Å². The van der Waals surface area contributed by atoms with Crippen LogP contribution in [0.25, 0.3) is 0 Å². The van der Waals surface area contributed by atoms with Crippen molar-refractivity contribution in [2.24, 2.45) is 5.41 Å². The second-order valence-corrected chi connectivity index (χ2v) is 5.19. The van der Waals surface area contributed by atoms with Crippen molar-refractivity contribution >= 4 is 17.6 Å². The van der Waals surface area contributed by atoms with Crippen LogP contribution < -0.4 is 9.47 Å². The molecule has 0 saturated heterocycles. The summed E-state index contributed by atoms with van der Waals surface area (Å²) < 4.78 is 10.4. The van der Waals surface area contributed by atoms with Gasteiger partial charge in [0.2, 0.25) is 6.79 Å². The van der Waals surface area contributed by atoms with Gasteiger partial charge in [-0.15, -0.1) is 0 Å². The highest BCUT2D eigenvalue weighted by Crippen LogP contribution is 2.46. The number of rotatable bonds is 3. The van der Waals surface area contributed by atoms with Crippen LogP contribution in [0.1, 0.15) is 19.4 Å². The van der Waals surface area contributed by atoms with Crippen molar-refractivity contribution in [1.82, 2.24) is 0 Å². The van der Waals surface area contributed by atoms with Gasteiger partial charge in [-0.05, 0) is 20.3 Å². The van der Waals surface area contributed by atoms with Crippen molar-refractivity contribution < 1.29 is 24.5 Å². The van der Waals surface area contributed by atoms with E-state index in [1.54, 1.807) is 13.8 Å². The maximum absolute atomic E-state index is 11.1. The summed E-state index contributed by atoms with van der Waals surface area (Å²) in [4.78, 5) is 11.1. The first-order chi connectivity index (χ1) is 8.33. The Morgan fingerprint density at radius 3 is 2.78 bits per heavy atom. The smallest absolute Gasteiger partial charge is 0.309 e. The number of aliphatic carboxylic acids is 1. The average molecular weight is 273 g/mol. The van der Waals surface area contributed by atoms with Gasteiger partial charge in [0.05, 0.1) is 10.4 Å². The molecule has 98 valence electrons. The number of carboxylic acid groups (broad SMARTS) is 1. The van der Waals surface area contributed by atoms with Gasteiger partial charge in [0.1, 0.15) is 5.75 Å². The molecule has 0 saturated carbocycles. The van der Waals surface area contributed by atoms with Crippen molar-refractivity contribution in [3.63, 3.8) is 0 Å². The molecule has 1 aromatic rings. The minimum absolute atomic E-state index is 0.0373. The maximum atomic E-state index is 11.1. The van der Waals surface area contributed by atoms with E-state index in [1.807, 2.05) is 0 Å². The number of phenols is 1. The van der Waals surface area contributed by atoms with E-state index in [1.165, 1.54) is 6.07 Å². The van der Waals surface area contributed by atoms with Gasteiger partial charge in [-0.1, -0.05) is 11.6 Å². The number of hydrogen-bond donors (Lipinski definition) is 2. The monoisotopic (exact) mass is 272 g/mol. The molecule has 6 heteroatoms. The SMILES string of the molecule is CC(C)(Cc1c(O)c(Cl)cc2c1OCO2)C(=O)O. The summed E-state index contributed by atoms with van der Waals surface area (Å²) in [7, 11) is 0. The van der Waals surface area contributed by atoms with Gasteiger partial charge < -0.3 is 19.7 Å². The number of carbonyl (C=O) groups is 1. The van der Waals surface area contributed by atoms with Crippen LogP contribution in [0.2, 0.25) is 5.02 Å². The highest BCUT2D eigenvalue weighted by Gasteiger charge is 2.33. The van der Waals surface area contributed by atoms with Crippen LogP contribution in [-0.4, -0.2) is 23.0 Å². The Hall–Kier alpha value is -1.62. The Labute approximate surface area is 109 Å². The van der Waals surface area contributed by atoms with Crippen LogP contribution in [-0.2, 0) is 11.2 Å². The second-order valence-electron chi connectivity index (χ2n) is 4.79. The first kappa shape index (κ1) is 12.8. The standard InChI is InChI=1S/C12H13ClO5/c1-12(2,11(15)16)4-6-9(14)7(13)3-8-10(6)18-5-17-8/h3,14H,4-5H2,1-2H3,(H,15,16). The van der Waals surface area contributed by atoms with Crippen LogP contribution in [0.3, 0.4) is 0 Å². The van der Waals surface area contributed by atoms with Crippen LogP contribution >= 0.6 is 11.6 Å². The molecule has 2 N–H and O–H groups in total. The zero-order valence-corrected chi connectivity index (χ0v) is 10.7. The van der Waals surface area contributed by atoms with E-state index >= 15 is 0 Å². The predicted molar refractivity (Wildman–Crippen MR) is 64.4 cm³/mol. The van der Waals surface area contributed by atoms with Crippen LogP contribution in [0.5, 0.6) is 17.2 Å². The van der Waals surface area contributed by atoms with Crippen molar-refractivity contribution in [3.05, 3.63) is 16.7 Å².